The maximum atomic E-state index is 12.6. The largest absolute Gasteiger partial charge is 0.478 e. The number of amides is 2. The Balaban J connectivity index is 2.06. The average molecular weight is 433 g/mol. The maximum absolute atomic E-state index is 12.6. The van der Waals surface area contributed by atoms with Gasteiger partial charge in [-0.05, 0) is 62.7 Å². The molecule has 0 aromatic heterocycles. The molecule has 2 aromatic rings. The minimum absolute atomic E-state index is 0.0953. The molecule has 3 N–H and O–H groups in total. The Morgan fingerprint density at radius 2 is 1.63 bits per heavy atom. The number of alkyl carbamates (subject to hydrolysis) is 1. The Bertz CT molecular complexity index is 889. The molecule has 2 aromatic carbocycles. The smallest absolute Gasteiger partial charge is 0.407 e. The summed E-state index contributed by atoms with van der Waals surface area (Å²) in [5.74, 6) is -1.62. The molecule has 2 rings (SSSR count). The zero-order valence-electron chi connectivity index (χ0n) is 17.1. The van der Waals surface area contributed by atoms with E-state index in [1.165, 1.54) is 24.3 Å². The van der Waals surface area contributed by atoms with E-state index in [4.69, 9.17) is 21.4 Å². The molecule has 30 heavy (non-hydrogen) atoms. The van der Waals surface area contributed by atoms with Gasteiger partial charge in [0.15, 0.2) is 0 Å². The van der Waals surface area contributed by atoms with Gasteiger partial charge in [-0.3, -0.25) is 4.79 Å². The number of hydrogen-bond acceptors (Lipinski definition) is 4. The molecule has 2 amide bonds. The molecule has 160 valence electrons. The molecule has 1 atom stereocenters. The van der Waals surface area contributed by atoms with E-state index in [1.54, 1.807) is 45.0 Å². The number of rotatable bonds is 7. The third-order valence-electron chi connectivity index (χ3n) is 4.08. The molecule has 0 aliphatic carbocycles. The average Bonchev–Trinajstić information content (AvgIpc) is 2.65. The first-order valence-electron chi connectivity index (χ1n) is 9.39. The highest BCUT2D eigenvalue weighted by atomic mass is 35.5. The summed E-state index contributed by atoms with van der Waals surface area (Å²) in [6.07, 6.45) is -0.468. The van der Waals surface area contributed by atoms with E-state index in [1.807, 2.05) is 0 Å². The van der Waals surface area contributed by atoms with Crippen LogP contribution in [0.5, 0.6) is 0 Å². The highest BCUT2D eigenvalue weighted by Gasteiger charge is 2.20. The molecular formula is C22H25ClN2O5. The fraction of sp³-hybridized carbons (Fsp3) is 0.318. The molecule has 0 fully saturated rings. The Kier molecular flexibility index (Phi) is 7.83. The van der Waals surface area contributed by atoms with Crippen LogP contribution in [0, 0.1) is 0 Å². The number of ether oxygens (including phenoxy) is 1. The zero-order chi connectivity index (χ0) is 22.3. The number of carbonyl (C=O) groups excluding carboxylic acids is 2. The van der Waals surface area contributed by atoms with Crippen LogP contribution < -0.4 is 10.6 Å². The van der Waals surface area contributed by atoms with E-state index in [-0.39, 0.29) is 30.4 Å². The quantitative estimate of drug-likeness (QED) is 0.589. The Hall–Kier alpha value is -3.06. The number of carboxylic acids is 1. The van der Waals surface area contributed by atoms with Crippen LogP contribution in [0.4, 0.5) is 10.5 Å². The van der Waals surface area contributed by atoms with E-state index in [2.05, 4.69) is 10.6 Å². The van der Waals surface area contributed by atoms with Crippen LogP contribution in [-0.2, 0) is 9.53 Å². The zero-order valence-corrected chi connectivity index (χ0v) is 17.8. The van der Waals surface area contributed by atoms with Crippen molar-refractivity contribution >= 4 is 35.3 Å². The van der Waals surface area contributed by atoms with Crippen molar-refractivity contribution in [3.8, 4) is 0 Å². The first-order valence-corrected chi connectivity index (χ1v) is 9.77. The SMILES string of the molecule is CC(C)(C)OC(=O)NCC(CC(=O)Nc1ccc(C(=O)O)cc1)c1ccc(Cl)cc1. The summed E-state index contributed by atoms with van der Waals surface area (Å²) in [5, 5.41) is 15.0. The van der Waals surface area contributed by atoms with Crippen molar-refractivity contribution in [2.75, 3.05) is 11.9 Å². The summed E-state index contributed by atoms with van der Waals surface area (Å²) in [6, 6.07) is 12.9. The van der Waals surface area contributed by atoms with E-state index in [0.29, 0.717) is 10.7 Å². The van der Waals surface area contributed by atoms with Gasteiger partial charge in [0.25, 0.3) is 0 Å². The fourth-order valence-electron chi connectivity index (χ4n) is 2.70. The Morgan fingerprint density at radius 3 is 2.17 bits per heavy atom. The van der Waals surface area contributed by atoms with Gasteiger partial charge >= 0.3 is 12.1 Å². The molecule has 0 heterocycles. The summed E-state index contributed by atoms with van der Waals surface area (Å²) in [4.78, 5) is 35.5. The Morgan fingerprint density at radius 1 is 1.03 bits per heavy atom. The first kappa shape index (κ1) is 23.2. The van der Waals surface area contributed by atoms with Crippen LogP contribution in [0.15, 0.2) is 48.5 Å². The summed E-state index contributed by atoms with van der Waals surface area (Å²) in [7, 11) is 0. The van der Waals surface area contributed by atoms with Crippen molar-refractivity contribution in [2.45, 2.75) is 38.7 Å². The van der Waals surface area contributed by atoms with Crippen molar-refractivity contribution in [1.82, 2.24) is 5.32 Å². The molecule has 7 nitrogen and oxygen atoms in total. The molecule has 0 saturated heterocycles. The third kappa shape index (κ3) is 7.75. The molecule has 0 radical (unpaired) electrons. The number of carbonyl (C=O) groups is 3. The molecule has 1 unspecified atom stereocenters. The second-order valence-electron chi connectivity index (χ2n) is 7.77. The van der Waals surface area contributed by atoms with Gasteiger partial charge in [-0.1, -0.05) is 23.7 Å². The number of carboxylic acid groups (broad SMARTS) is 1. The van der Waals surface area contributed by atoms with Crippen LogP contribution in [-0.4, -0.2) is 35.2 Å². The lowest BCUT2D eigenvalue weighted by atomic mass is 9.95. The van der Waals surface area contributed by atoms with Gasteiger partial charge in [-0.15, -0.1) is 0 Å². The van der Waals surface area contributed by atoms with Crippen LogP contribution in [0.2, 0.25) is 5.02 Å². The van der Waals surface area contributed by atoms with Gasteiger partial charge in [0, 0.05) is 29.6 Å². The highest BCUT2D eigenvalue weighted by Crippen LogP contribution is 2.22. The van der Waals surface area contributed by atoms with Gasteiger partial charge in [0.05, 0.1) is 5.56 Å². The standard InChI is InChI=1S/C22H25ClN2O5/c1-22(2,3)30-21(29)24-13-16(14-4-8-17(23)9-5-14)12-19(26)25-18-10-6-15(7-11-18)20(27)28/h4-11,16H,12-13H2,1-3H3,(H,24,29)(H,25,26)(H,27,28). The minimum Gasteiger partial charge on any atom is -0.478 e. The second-order valence-corrected chi connectivity index (χ2v) is 8.20. The van der Waals surface area contributed by atoms with Crippen LogP contribution in [0.3, 0.4) is 0 Å². The summed E-state index contributed by atoms with van der Waals surface area (Å²) in [5.41, 5.74) is 0.833. The topological polar surface area (TPSA) is 105 Å². The lowest BCUT2D eigenvalue weighted by molar-refractivity contribution is -0.116. The first-order chi connectivity index (χ1) is 14.0. The molecule has 0 spiro atoms. The predicted molar refractivity (Wildman–Crippen MR) is 115 cm³/mol. The van der Waals surface area contributed by atoms with Crippen LogP contribution in [0.25, 0.3) is 0 Å². The Labute approximate surface area is 180 Å². The number of aromatic carboxylic acids is 1. The summed E-state index contributed by atoms with van der Waals surface area (Å²) in [6.45, 7) is 5.51. The number of halogens is 1. The minimum atomic E-state index is -1.04. The fourth-order valence-corrected chi connectivity index (χ4v) is 2.82. The van der Waals surface area contributed by atoms with Crippen LogP contribution >= 0.6 is 11.6 Å². The monoisotopic (exact) mass is 432 g/mol. The van der Waals surface area contributed by atoms with Gasteiger partial charge in [-0.2, -0.15) is 0 Å². The van der Waals surface area contributed by atoms with Crippen LogP contribution in [0.1, 0.15) is 49.0 Å². The number of nitrogens with one attached hydrogen (secondary N) is 2. The lowest BCUT2D eigenvalue weighted by Crippen LogP contribution is -2.35. The lowest BCUT2D eigenvalue weighted by Gasteiger charge is -2.22. The van der Waals surface area contributed by atoms with Gasteiger partial charge in [-0.25, -0.2) is 9.59 Å². The van der Waals surface area contributed by atoms with Gasteiger partial charge in [0.2, 0.25) is 5.91 Å². The third-order valence-corrected chi connectivity index (χ3v) is 4.33. The molecule has 8 heteroatoms. The molecule has 0 saturated carbocycles. The van der Waals surface area contributed by atoms with Crippen molar-refractivity contribution in [2.24, 2.45) is 0 Å². The summed E-state index contributed by atoms with van der Waals surface area (Å²) >= 11 is 5.95. The molecular weight excluding hydrogens is 408 g/mol. The van der Waals surface area contributed by atoms with Gasteiger partial charge in [0.1, 0.15) is 5.60 Å². The van der Waals surface area contributed by atoms with Crippen molar-refractivity contribution in [1.29, 1.82) is 0 Å². The number of benzene rings is 2. The summed E-state index contributed by atoms with van der Waals surface area (Å²) < 4.78 is 5.25. The predicted octanol–water partition coefficient (Wildman–Crippen LogP) is 4.68. The van der Waals surface area contributed by atoms with Crippen molar-refractivity contribution in [3.63, 3.8) is 0 Å². The second kappa shape index (κ2) is 10.1. The molecule has 0 aliphatic heterocycles. The van der Waals surface area contributed by atoms with Crippen molar-refractivity contribution in [3.05, 3.63) is 64.7 Å². The normalized spacial score (nSPS) is 12.0. The molecule has 0 aliphatic rings. The molecule has 0 bridgehead atoms. The maximum Gasteiger partial charge on any atom is 0.407 e. The van der Waals surface area contributed by atoms with E-state index >= 15 is 0 Å². The van der Waals surface area contributed by atoms with Gasteiger partial charge < -0.3 is 20.5 Å². The van der Waals surface area contributed by atoms with E-state index < -0.39 is 17.7 Å². The number of hydrogen-bond donors (Lipinski definition) is 3. The van der Waals surface area contributed by atoms with Crippen molar-refractivity contribution < 1.29 is 24.2 Å². The van der Waals surface area contributed by atoms with E-state index in [0.717, 1.165) is 5.56 Å². The number of anilines is 1. The van der Waals surface area contributed by atoms with E-state index in [9.17, 15) is 14.4 Å². The highest BCUT2D eigenvalue weighted by molar-refractivity contribution is 6.30.